The fourth-order valence-electron chi connectivity index (χ4n) is 5.56. The number of azo groups is 3. The Kier molecular flexibility index (Phi) is 14.1. The molecule has 0 fully saturated rings. The maximum Gasteiger partial charge on any atom is 0.513 e. The SMILES string of the molecule is CCCCOC(=O)Oc1ccc(N=Nc2ccc(N=Nc3ccc(N=Nc4ccc(C(CCCC)CCCC)cc4)cc3)c3ccccc23)cc1. The molecular weight excluding hydrogens is 637 g/mol. The monoisotopic (exact) mass is 682 g/mol. The van der Waals surface area contributed by atoms with Crippen LogP contribution in [0.5, 0.6) is 5.75 Å². The molecule has 0 unspecified atom stereocenters. The Labute approximate surface area is 300 Å². The molecule has 0 amide bonds. The molecular formula is C42H46N6O3. The lowest BCUT2D eigenvalue weighted by atomic mass is 9.89. The van der Waals surface area contributed by atoms with Crippen LogP contribution in [0.1, 0.15) is 83.6 Å². The van der Waals surface area contributed by atoms with Crippen LogP contribution in [0.25, 0.3) is 10.8 Å². The molecule has 0 saturated carbocycles. The third kappa shape index (κ3) is 11.2. The van der Waals surface area contributed by atoms with Crippen molar-refractivity contribution >= 4 is 51.1 Å². The highest BCUT2D eigenvalue weighted by Crippen LogP contribution is 2.36. The second-order valence-electron chi connectivity index (χ2n) is 12.4. The van der Waals surface area contributed by atoms with E-state index >= 15 is 0 Å². The Balaban J connectivity index is 1.20. The lowest BCUT2D eigenvalue weighted by Gasteiger charge is -2.17. The van der Waals surface area contributed by atoms with E-state index in [2.05, 4.69) is 68.8 Å². The number of benzene rings is 5. The van der Waals surface area contributed by atoms with Crippen LogP contribution < -0.4 is 4.74 Å². The number of carbonyl (C=O) groups excluding carboxylic acids is 1. The van der Waals surface area contributed by atoms with Crippen molar-refractivity contribution in [2.45, 2.75) is 78.1 Å². The molecule has 0 aliphatic carbocycles. The number of fused-ring (bicyclic) bond motifs is 1. The first-order valence-electron chi connectivity index (χ1n) is 18.0. The van der Waals surface area contributed by atoms with Crippen molar-refractivity contribution in [3.8, 4) is 5.75 Å². The highest BCUT2D eigenvalue weighted by molar-refractivity contribution is 5.99. The molecule has 0 N–H and O–H groups in total. The highest BCUT2D eigenvalue weighted by atomic mass is 16.7. The molecule has 9 nitrogen and oxygen atoms in total. The maximum absolute atomic E-state index is 11.8. The minimum atomic E-state index is -0.717. The van der Waals surface area contributed by atoms with E-state index in [1.807, 2.05) is 67.6 Å². The fourth-order valence-corrected chi connectivity index (χ4v) is 5.56. The molecule has 0 radical (unpaired) electrons. The van der Waals surface area contributed by atoms with Crippen LogP contribution in [0.3, 0.4) is 0 Å². The van der Waals surface area contributed by atoms with E-state index in [9.17, 15) is 4.79 Å². The zero-order chi connectivity index (χ0) is 35.7. The van der Waals surface area contributed by atoms with Crippen LogP contribution in [-0.2, 0) is 4.74 Å². The summed E-state index contributed by atoms with van der Waals surface area (Å²) in [4.78, 5) is 11.8. The topological polar surface area (TPSA) is 110 Å². The third-order valence-electron chi connectivity index (χ3n) is 8.49. The van der Waals surface area contributed by atoms with Crippen molar-refractivity contribution in [2.24, 2.45) is 30.7 Å². The first-order chi connectivity index (χ1) is 25.1. The number of nitrogens with zero attached hydrogens (tertiary/aromatic N) is 6. The average Bonchev–Trinajstić information content (AvgIpc) is 3.17. The summed E-state index contributed by atoms with van der Waals surface area (Å²) >= 11 is 0. The van der Waals surface area contributed by atoms with E-state index in [1.54, 1.807) is 24.3 Å². The van der Waals surface area contributed by atoms with Crippen LogP contribution in [0.4, 0.5) is 38.9 Å². The summed E-state index contributed by atoms with van der Waals surface area (Å²) in [7, 11) is 0. The van der Waals surface area contributed by atoms with Gasteiger partial charge in [0.15, 0.2) is 0 Å². The molecule has 0 spiro atoms. The Bertz CT molecular complexity index is 1910. The van der Waals surface area contributed by atoms with Crippen molar-refractivity contribution in [3.63, 3.8) is 0 Å². The molecule has 262 valence electrons. The third-order valence-corrected chi connectivity index (χ3v) is 8.49. The van der Waals surface area contributed by atoms with Gasteiger partial charge in [0.25, 0.3) is 0 Å². The van der Waals surface area contributed by atoms with E-state index in [4.69, 9.17) is 9.47 Å². The minimum Gasteiger partial charge on any atom is -0.434 e. The normalized spacial score (nSPS) is 11.8. The van der Waals surface area contributed by atoms with E-state index in [0.717, 1.165) is 40.7 Å². The van der Waals surface area contributed by atoms with Crippen LogP contribution >= 0.6 is 0 Å². The van der Waals surface area contributed by atoms with Gasteiger partial charge in [-0.05, 0) is 104 Å². The predicted molar refractivity (Wildman–Crippen MR) is 204 cm³/mol. The van der Waals surface area contributed by atoms with Crippen LogP contribution in [0.2, 0.25) is 0 Å². The molecule has 0 heterocycles. The van der Waals surface area contributed by atoms with Crippen molar-refractivity contribution < 1.29 is 14.3 Å². The Morgan fingerprint density at radius 3 is 1.43 bits per heavy atom. The van der Waals surface area contributed by atoms with Gasteiger partial charge in [-0.15, -0.1) is 10.2 Å². The van der Waals surface area contributed by atoms with Gasteiger partial charge in [-0.25, -0.2) is 4.79 Å². The fraction of sp³-hybridized carbons (Fsp3) is 0.310. The number of unbranched alkanes of at least 4 members (excludes halogenated alkanes) is 3. The largest absolute Gasteiger partial charge is 0.513 e. The zero-order valence-electron chi connectivity index (χ0n) is 29.7. The highest BCUT2D eigenvalue weighted by Gasteiger charge is 2.11. The van der Waals surface area contributed by atoms with Crippen LogP contribution in [-0.4, -0.2) is 12.8 Å². The molecule has 5 aromatic carbocycles. The van der Waals surface area contributed by atoms with Crippen molar-refractivity contribution in [1.29, 1.82) is 0 Å². The van der Waals surface area contributed by atoms with Gasteiger partial charge in [-0.2, -0.15) is 20.5 Å². The van der Waals surface area contributed by atoms with Gasteiger partial charge in [0.1, 0.15) is 5.75 Å². The van der Waals surface area contributed by atoms with Gasteiger partial charge in [0.2, 0.25) is 0 Å². The molecule has 0 atom stereocenters. The predicted octanol–water partition coefficient (Wildman–Crippen LogP) is 14.9. The molecule has 5 rings (SSSR count). The quantitative estimate of drug-likeness (QED) is 0.0421. The second-order valence-corrected chi connectivity index (χ2v) is 12.4. The summed E-state index contributed by atoms with van der Waals surface area (Å²) in [6.45, 7) is 6.88. The summed E-state index contributed by atoms with van der Waals surface area (Å²) < 4.78 is 10.2. The number of hydrogen-bond donors (Lipinski definition) is 0. The summed E-state index contributed by atoms with van der Waals surface area (Å²) in [5.74, 6) is 0.995. The van der Waals surface area contributed by atoms with Gasteiger partial charge < -0.3 is 9.47 Å². The lowest BCUT2D eigenvalue weighted by Crippen LogP contribution is -2.11. The molecule has 51 heavy (non-hydrogen) atoms. The smallest absolute Gasteiger partial charge is 0.434 e. The average molecular weight is 683 g/mol. The molecule has 0 aliphatic heterocycles. The zero-order valence-corrected chi connectivity index (χ0v) is 29.7. The summed E-state index contributed by atoms with van der Waals surface area (Å²) in [6.07, 6.45) is 8.47. The minimum absolute atomic E-state index is 0.339. The lowest BCUT2D eigenvalue weighted by molar-refractivity contribution is 0.0978. The van der Waals surface area contributed by atoms with Gasteiger partial charge in [0, 0.05) is 10.8 Å². The van der Waals surface area contributed by atoms with Gasteiger partial charge in [-0.1, -0.05) is 89.3 Å². The van der Waals surface area contributed by atoms with Crippen molar-refractivity contribution in [3.05, 3.63) is 115 Å². The first kappa shape index (κ1) is 36.7. The van der Waals surface area contributed by atoms with Crippen molar-refractivity contribution in [1.82, 2.24) is 0 Å². The molecule has 0 bridgehead atoms. The maximum atomic E-state index is 11.8. The van der Waals surface area contributed by atoms with Gasteiger partial charge in [0.05, 0.1) is 40.7 Å². The summed E-state index contributed by atoms with van der Waals surface area (Å²) in [5.41, 5.74) is 5.72. The molecule has 5 aromatic rings. The summed E-state index contributed by atoms with van der Waals surface area (Å²) in [5, 5.41) is 28.6. The summed E-state index contributed by atoms with van der Waals surface area (Å²) in [6, 6.07) is 34.5. The van der Waals surface area contributed by atoms with Gasteiger partial charge in [-0.3, -0.25) is 0 Å². The van der Waals surface area contributed by atoms with E-state index in [0.29, 0.717) is 35.3 Å². The molecule has 0 aliphatic rings. The molecule has 0 saturated heterocycles. The number of carbonyl (C=O) groups is 1. The first-order valence-corrected chi connectivity index (χ1v) is 18.0. The Morgan fingerprint density at radius 1 is 0.529 bits per heavy atom. The Morgan fingerprint density at radius 2 is 0.961 bits per heavy atom. The van der Waals surface area contributed by atoms with Gasteiger partial charge >= 0.3 is 6.16 Å². The van der Waals surface area contributed by atoms with E-state index in [-0.39, 0.29) is 0 Å². The van der Waals surface area contributed by atoms with Crippen molar-refractivity contribution in [2.75, 3.05) is 6.61 Å². The number of rotatable bonds is 17. The number of ether oxygens (including phenoxy) is 2. The molecule has 9 heteroatoms. The number of hydrogen-bond acceptors (Lipinski definition) is 9. The van der Waals surface area contributed by atoms with E-state index in [1.165, 1.54) is 44.1 Å². The Hall–Kier alpha value is -5.57. The molecule has 0 aromatic heterocycles. The van der Waals surface area contributed by atoms with E-state index < -0.39 is 6.16 Å². The van der Waals surface area contributed by atoms with Crippen LogP contribution in [0, 0.1) is 0 Å². The standard InChI is InChI=1S/C42H46N6O3/c1-4-7-12-31(13-8-5-2)32-16-18-33(19-17-32)43-44-34-20-22-35(23-21-34)45-47-40-28-29-41(39-15-11-10-14-38(39)40)48-46-36-24-26-37(27-25-36)51-42(49)50-30-9-6-3/h10-11,14-29,31H,4-9,12-13,30H2,1-3H3. The second kappa shape index (κ2) is 19.6. The van der Waals surface area contributed by atoms with Crippen LogP contribution in [0.15, 0.2) is 140 Å².